The van der Waals surface area contributed by atoms with Gasteiger partial charge < -0.3 is 0 Å². The quantitative estimate of drug-likeness (QED) is 0.467. The molecule has 0 amide bonds. The van der Waals surface area contributed by atoms with Crippen LogP contribution in [0.1, 0.15) is 63.4 Å². The van der Waals surface area contributed by atoms with Gasteiger partial charge in [0, 0.05) is 6.42 Å². The lowest BCUT2D eigenvalue weighted by Crippen LogP contribution is -2.22. The molecular formula is C18H25F3O. The number of halogens is 3. The molecule has 0 saturated heterocycles. The summed E-state index contributed by atoms with van der Waals surface area (Å²) in [6.07, 6.45) is 3.81. The highest BCUT2D eigenvalue weighted by Crippen LogP contribution is 2.20. The van der Waals surface area contributed by atoms with Crippen molar-refractivity contribution < 1.29 is 18.0 Å². The summed E-state index contributed by atoms with van der Waals surface area (Å²) < 4.78 is 35.9. The Hall–Kier alpha value is -1.32. The number of carbonyl (C=O) groups excluding carboxylic acids is 1. The van der Waals surface area contributed by atoms with Crippen LogP contribution in [-0.4, -0.2) is 12.0 Å². The van der Waals surface area contributed by atoms with E-state index in [-0.39, 0.29) is 6.42 Å². The van der Waals surface area contributed by atoms with E-state index < -0.39 is 12.0 Å². The molecule has 124 valence electrons. The zero-order valence-electron chi connectivity index (χ0n) is 13.0. The Morgan fingerprint density at radius 2 is 1.27 bits per heavy atom. The van der Waals surface area contributed by atoms with E-state index in [4.69, 9.17) is 0 Å². The molecule has 0 heterocycles. The van der Waals surface area contributed by atoms with Crippen LogP contribution in [-0.2, 0) is 11.2 Å². The van der Waals surface area contributed by atoms with Gasteiger partial charge in [0.05, 0.1) is 0 Å². The maximum Gasteiger partial charge on any atom is 0.449 e. The standard InChI is InChI=1S/C18H25F3O/c19-18(20,21)17(22)15-11-6-4-2-1-3-5-8-12-16-13-9-7-10-14-16/h7,9-10,13-14H,1-6,8,11-12,15H2. The Morgan fingerprint density at radius 3 is 1.82 bits per heavy atom. The van der Waals surface area contributed by atoms with Gasteiger partial charge in [0.25, 0.3) is 0 Å². The lowest BCUT2D eigenvalue weighted by Gasteiger charge is -2.05. The van der Waals surface area contributed by atoms with Gasteiger partial charge in [-0.05, 0) is 24.8 Å². The topological polar surface area (TPSA) is 17.1 Å². The molecule has 0 fully saturated rings. The summed E-state index contributed by atoms with van der Waals surface area (Å²) in [5.74, 6) is -1.59. The van der Waals surface area contributed by atoms with Crippen molar-refractivity contribution in [1.82, 2.24) is 0 Å². The van der Waals surface area contributed by atoms with Gasteiger partial charge in [-0.25, -0.2) is 0 Å². The first-order chi connectivity index (χ1) is 10.5. The number of rotatable bonds is 11. The van der Waals surface area contributed by atoms with Crippen molar-refractivity contribution in [2.45, 2.75) is 70.4 Å². The molecule has 0 spiro atoms. The average Bonchev–Trinajstić information content (AvgIpc) is 2.49. The number of alkyl halides is 3. The van der Waals surface area contributed by atoms with Crippen LogP contribution in [0, 0.1) is 0 Å². The van der Waals surface area contributed by atoms with Crippen LogP contribution in [0.25, 0.3) is 0 Å². The van der Waals surface area contributed by atoms with Crippen LogP contribution in [0.2, 0.25) is 0 Å². The van der Waals surface area contributed by atoms with Gasteiger partial charge in [0.15, 0.2) is 0 Å². The molecule has 1 rings (SSSR count). The average molecular weight is 314 g/mol. The molecule has 0 saturated carbocycles. The maximum absolute atomic E-state index is 12.0. The predicted octanol–water partition coefficient (Wildman–Crippen LogP) is 5.87. The van der Waals surface area contributed by atoms with Gasteiger partial charge in [-0.2, -0.15) is 13.2 Å². The van der Waals surface area contributed by atoms with Gasteiger partial charge in [-0.15, -0.1) is 0 Å². The highest BCUT2D eigenvalue weighted by atomic mass is 19.4. The van der Waals surface area contributed by atoms with Gasteiger partial charge in [0.1, 0.15) is 0 Å². The number of ketones is 1. The summed E-state index contributed by atoms with van der Waals surface area (Å²) in [7, 11) is 0. The van der Waals surface area contributed by atoms with Crippen molar-refractivity contribution in [3.05, 3.63) is 35.9 Å². The van der Waals surface area contributed by atoms with E-state index in [1.165, 1.54) is 24.8 Å². The van der Waals surface area contributed by atoms with E-state index in [2.05, 4.69) is 24.3 Å². The molecule has 4 heteroatoms. The Kier molecular flexibility index (Phi) is 8.86. The number of carbonyl (C=O) groups is 1. The van der Waals surface area contributed by atoms with Crippen LogP contribution in [0.5, 0.6) is 0 Å². The second-order valence-electron chi connectivity index (χ2n) is 5.73. The van der Waals surface area contributed by atoms with E-state index in [9.17, 15) is 18.0 Å². The molecule has 0 radical (unpaired) electrons. The predicted molar refractivity (Wildman–Crippen MR) is 82.8 cm³/mol. The van der Waals surface area contributed by atoms with Crippen molar-refractivity contribution >= 4 is 5.78 Å². The molecule has 1 aromatic carbocycles. The van der Waals surface area contributed by atoms with Crippen molar-refractivity contribution in [1.29, 1.82) is 0 Å². The third-order valence-electron chi connectivity index (χ3n) is 3.78. The van der Waals surface area contributed by atoms with Crippen molar-refractivity contribution in [2.24, 2.45) is 0 Å². The first kappa shape index (κ1) is 18.7. The molecule has 22 heavy (non-hydrogen) atoms. The molecule has 0 aromatic heterocycles. The molecule has 0 aliphatic carbocycles. The SMILES string of the molecule is O=C(CCCCCCCCCCc1ccccc1)C(F)(F)F. The third kappa shape index (κ3) is 8.85. The zero-order chi connectivity index (χ0) is 16.3. The number of aryl methyl sites for hydroxylation is 1. The molecule has 1 nitrogen and oxygen atoms in total. The fourth-order valence-corrected chi connectivity index (χ4v) is 2.46. The number of hydrogen-bond donors (Lipinski definition) is 0. The molecule has 0 aliphatic rings. The van der Waals surface area contributed by atoms with E-state index in [1.54, 1.807) is 0 Å². The van der Waals surface area contributed by atoms with Crippen molar-refractivity contribution in [3.63, 3.8) is 0 Å². The third-order valence-corrected chi connectivity index (χ3v) is 3.78. The second kappa shape index (κ2) is 10.4. The maximum atomic E-state index is 12.0. The smallest absolute Gasteiger partial charge is 0.290 e. The Bertz CT molecular complexity index is 412. The minimum absolute atomic E-state index is 0.354. The van der Waals surface area contributed by atoms with Crippen molar-refractivity contribution in [3.8, 4) is 0 Å². The van der Waals surface area contributed by atoms with E-state index in [1.807, 2.05) is 6.07 Å². The van der Waals surface area contributed by atoms with Crippen molar-refractivity contribution in [2.75, 3.05) is 0 Å². The highest BCUT2D eigenvalue weighted by molar-refractivity contribution is 5.83. The van der Waals surface area contributed by atoms with Crippen LogP contribution >= 0.6 is 0 Å². The first-order valence-corrected chi connectivity index (χ1v) is 8.14. The lowest BCUT2D eigenvalue weighted by atomic mass is 10.0. The number of unbranched alkanes of at least 4 members (excludes halogenated alkanes) is 7. The Balaban J connectivity index is 1.87. The molecule has 0 N–H and O–H groups in total. The lowest BCUT2D eigenvalue weighted by molar-refractivity contribution is -0.171. The van der Waals surface area contributed by atoms with Crippen LogP contribution in [0.15, 0.2) is 30.3 Å². The normalized spacial score (nSPS) is 11.6. The Labute approximate surface area is 130 Å². The zero-order valence-corrected chi connectivity index (χ0v) is 13.0. The highest BCUT2D eigenvalue weighted by Gasteiger charge is 2.36. The molecular weight excluding hydrogens is 289 g/mol. The monoisotopic (exact) mass is 314 g/mol. The van der Waals surface area contributed by atoms with Gasteiger partial charge in [0.2, 0.25) is 5.78 Å². The van der Waals surface area contributed by atoms with Gasteiger partial charge in [-0.1, -0.05) is 68.9 Å². The molecule has 0 aliphatic heterocycles. The summed E-state index contributed by atoms with van der Waals surface area (Å²) in [4.78, 5) is 10.7. The fraction of sp³-hybridized carbons (Fsp3) is 0.611. The minimum atomic E-state index is -4.65. The van der Waals surface area contributed by atoms with Crippen LogP contribution in [0.4, 0.5) is 13.2 Å². The summed E-state index contributed by atoms with van der Waals surface area (Å²) in [5, 5.41) is 0. The first-order valence-electron chi connectivity index (χ1n) is 8.14. The minimum Gasteiger partial charge on any atom is -0.290 e. The van der Waals surface area contributed by atoms with Gasteiger partial charge >= 0.3 is 6.18 Å². The van der Waals surface area contributed by atoms with Gasteiger partial charge in [-0.3, -0.25) is 4.79 Å². The fourth-order valence-electron chi connectivity index (χ4n) is 2.46. The van der Waals surface area contributed by atoms with E-state index >= 15 is 0 Å². The number of benzene rings is 1. The summed E-state index contributed by atoms with van der Waals surface area (Å²) in [6.45, 7) is 0. The number of hydrogen-bond acceptors (Lipinski definition) is 1. The van der Waals surface area contributed by atoms with E-state index in [0.29, 0.717) is 12.8 Å². The van der Waals surface area contributed by atoms with Crippen LogP contribution in [0.3, 0.4) is 0 Å². The second-order valence-corrected chi connectivity index (χ2v) is 5.73. The molecule has 0 unspecified atom stereocenters. The largest absolute Gasteiger partial charge is 0.449 e. The summed E-state index contributed by atoms with van der Waals surface area (Å²) in [6, 6.07) is 10.4. The summed E-state index contributed by atoms with van der Waals surface area (Å²) in [5.41, 5.74) is 1.37. The molecule has 0 atom stereocenters. The molecule has 1 aromatic rings. The summed E-state index contributed by atoms with van der Waals surface area (Å²) >= 11 is 0. The number of Topliss-reactive ketones (excluding diaryl/α,β-unsaturated/α-hetero) is 1. The van der Waals surface area contributed by atoms with E-state index in [0.717, 1.165) is 25.7 Å². The van der Waals surface area contributed by atoms with Crippen LogP contribution < -0.4 is 0 Å². The molecule has 0 bridgehead atoms. The Morgan fingerprint density at radius 1 is 0.773 bits per heavy atom.